The number of pyridine rings is 1. The lowest BCUT2D eigenvalue weighted by Crippen LogP contribution is -2.46. The summed E-state index contributed by atoms with van der Waals surface area (Å²) in [6, 6.07) is 10.2. The number of halogens is 1. The van der Waals surface area contributed by atoms with Crippen molar-refractivity contribution < 1.29 is 0 Å². The van der Waals surface area contributed by atoms with Crippen molar-refractivity contribution in [3.63, 3.8) is 0 Å². The monoisotopic (exact) mass is 346 g/mol. The topological polar surface area (TPSA) is 45.4 Å². The number of aryl methyl sites for hydroxylation is 1. The first-order valence-electron chi connectivity index (χ1n) is 7.11. The van der Waals surface area contributed by atoms with E-state index in [0.29, 0.717) is 0 Å². The van der Waals surface area contributed by atoms with Crippen molar-refractivity contribution >= 4 is 33.1 Å². The molecule has 0 saturated carbocycles. The average Bonchev–Trinajstić information content (AvgIpc) is 2.51. The van der Waals surface area contributed by atoms with Gasteiger partial charge in [-0.2, -0.15) is 0 Å². The number of nitrogens with two attached hydrogens (primary N) is 1. The largest absolute Gasteiger partial charge is 0.399 e. The van der Waals surface area contributed by atoms with Crippen LogP contribution in [0.3, 0.4) is 0 Å². The van der Waals surface area contributed by atoms with E-state index < -0.39 is 0 Å². The van der Waals surface area contributed by atoms with Crippen LogP contribution in [-0.4, -0.2) is 31.2 Å². The van der Waals surface area contributed by atoms with Crippen molar-refractivity contribution in [3.05, 3.63) is 46.6 Å². The first kappa shape index (κ1) is 14.2. The Bertz CT molecular complexity index is 619. The van der Waals surface area contributed by atoms with Crippen molar-refractivity contribution in [3.8, 4) is 0 Å². The molecule has 0 bridgehead atoms. The summed E-state index contributed by atoms with van der Waals surface area (Å²) < 4.78 is 1.06. The predicted octanol–water partition coefficient (Wildman–Crippen LogP) is 3.06. The van der Waals surface area contributed by atoms with E-state index in [9.17, 15) is 0 Å². The maximum absolute atomic E-state index is 5.74. The van der Waals surface area contributed by atoms with Crippen molar-refractivity contribution in [1.82, 2.24) is 4.98 Å². The fraction of sp³-hybridized carbons (Fsp3) is 0.312. The normalized spacial score (nSPS) is 15.3. The van der Waals surface area contributed by atoms with Crippen molar-refractivity contribution in [2.45, 2.75) is 6.92 Å². The Morgan fingerprint density at radius 3 is 2.29 bits per heavy atom. The zero-order chi connectivity index (χ0) is 14.8. The van der Waals surface area contributed by atoms with Crippen LogP contribution >= 0.6 is 15.9 Å². The number of benzene rings is 1. The molecule has 0 unspecified atom stereocenters. The zero-order valence-corrected chi connectivity index (χ0v) is 13.7. The van der Waals surface area contributed by atoms with Gasteiger partial charge >= 0.3 is 0 Å². The van der Waals surface area contributed by atoms with Gasteiger partial charge in [0.15, 0.2) is 0 Å². The summed E-state index contributed by atoms with van der Waals surface area (Å²) in [7, 11) is 0. The molecule has 1 aliphatic heterocycles. The summed E-state index contributed by atoms with van der Waals surface area (Å²) >= 11 is 3.50. The number of aromatic nitrogens is 1. The van der Waals surface area contributed by atoms with Crippen LogP contribution in [0.25, 0.3) is 0 Å². The third-order valence-electron chi connectivity index (χ3n) is 3.89. The number of hydrogen-bond acceptors (Lipinski definition) is 4. The third-order valence-corrected chi connectivity index (χ3v) is 4.72. The van der Waals surface area contributed by atoms with Gasteiger partial charge in [0.2, 0.25) is 0 Å². The summed E-state index contributed by atoms with van der Waals surface area (Å²) in [4.78, 5) is 9.25. The zero-order valence-electron chi connectivity index (χ0n) is 12.1. The van der Waals surface area contributed by atoms with E-state index in [2.05, 4.69) is 55.8 Å². The van der Waals surface area contributed by atoms with Crippen LogP contribution in [0.2, 0.25) is 0 Å². The minimum absolute atomic E-state index is 0.812. The minimum atomic E-state index is 0.812. The molecule has 1 aromatic carbocycles. The lowest BCUT2D eigenvalue weighted by Gasteiger charge is -2.36. The molecule has 0 radical (unpaired) electrons. The molecule has 0 atom stereocenters. The fourth-order valence-corrected chi connectivity index (χ4v) is 2.79. The average molecular weight is 347 g/mol. The molecular formula is C16H19BrN4. The second-order valence-electron chi connectivity index (χ2n) is 5.36. The number of hydrogen-bond donors (Lipinski definition) is 1. The molecule has 21 heavy (non-hydrogen) atoms. The highest BCUT2D eigenvalue weighted by Crippen LogP contribution is 2.23. The van der Waals surface area contributed by atoms with Crippen LogP contribution < -0.4 is 15.5 Å². The molecule has 0 amide bonds. The van der Waals surface area contributed by atoms with E-state index in [1.807, 2.05) is 18.3 Å². The first-order valence-corrected chi connectivity index (χ1v) is 7.90. The summed E-state index contributed by atoms with van der Waals surface area (Å²) in [5.74, 6) is 1.06. The second-order valence-corrected chi connectivity index (χ2v) is 6.21. The van der Waals surface area contributed by atoms with E-state index in [1.165, 1.54) is 11.3 Å². The van der Waals surface area contributed by atoms with Crippen LogP contribution in [-0.2, 0) is 0 Å². The van der Waals surface area contributed by atoms with Crippen LogP contribution in [0.1, 0.15) is 5.56 Å². The van der Waals surface area contributed by atoms with Crippen molar-refractivity contribution in [2.24, 2.45) is 0 Å². The molecule has 1 aliphatic rings. The Labute approximate surface area is 133 Å². The fourth-order valence-electron chi connectivity index (χ4n) is 2.58. The number of piperazine rings is 1. The Hall–Kier alpha value is -1.75. The van der Waals surface area contributed by atoms with Gasteiger partial charge in [-0.1, -0.05) is 0 Å². The Morgan fingerprint density at radius 2 is 1.67 bits per heavy atom. The molecule has 2 aromatic rings. The highest BCUT2D eigenvalue weighted by atomic mass is 79.9. The maximum Gasteiger partial charge on any atom is 0.128 e. The summed E-state index contributed by atoms with van der Waals surface area (Å²) in [6.45, 7) is 6.07. The predicted molar refractivity (Wildman–Crippen MR) is 92.0 cm³/mol. The van der Waals surface area contributed by atoms with Gasteiger partial charge in [-0.15, -0.1) is 0 Å². The molecule has 1 aromatic heterocycles. The molecule has 1 saturated heterocycles. The number of nitrogens with zero attached hydrogens (tertiary/aromatic N) is 3. The summed E-state index contributed by atoms with van der Waals surface area (Å²) in [6.07, 6.45) is 1.89. The van der Waals surface area contributed by atoms with Crippen LogP contribution in [0, 0.1) is 6.92 Å². The van der Waals surface area contributed by atoms with Gasteiger partial charge in [0.05, 0.1) is 0 Å². The van der Waals surface area contributed by atoms with Crippen LogP contribution in [0.15, 0.2) is 41.0 Å². The molecule has 0 aliphatic carbocycles. The quantitative estimate of drug-likeness (QED) is 0.849. The molecule has 0 spiro atoms. The highest BCUT2D eigenvalue weighted by molar-refractivity contribution is 9.10. The van der Waals surface area contributed by atoms with Crippen LogP contribution in [0.4, 0.5) is 17.2 Å². The second kappa shape index (κ2) is 5.93. The first-order chi connectivity index (χ1) is 10.1. The molecule has 4 nitrogen and oxygen atoms in total. The standard InChI is InChI=1S/C16H19BrN4/c1-12-10-16(19-11-15(12)17)21-8-6-20(7-9-21)14-4-2-13(18)3-5-14/h2-5,10-11H,6-9,18H2,1H3. The van der Waals surface area contributed by atoms with Gasteiger partial charge in [-0.25, -0.2) is 4.98 Å². The van der Waals surface area contributed by atoms with Gasteiger partial charge in [0.1, 0.15) is 5.82 Å². The summed E-state index contributed by atoms with van der Waals surface area (Å²) in [5.41, 5.74) is 9.02. The minimum Gasteiger partial charge on any atom is -0.399 e. The Morgan fingerprint density at radius 1 is 1.05 bits per heavy atom. The van der Waals surface area contributed by atoms with E-state index in [1.54, 1.807) is 0 Å². The molecule has 110 valence electrons. The number of rotatable bonds is 2. The number of nitrogen functional groups attached to an aromatic ring is 1. The molecular weight excluding hydrogens is 328 g/mol. The lowest BCUT2D eigenvalue weighted by atomic mass is 10.2. The van der Waals surface area contributed by atoms with E-state index in [4.69, 9.17) is 5.73 Å². The Kier molecular flexibility index (Phi) is 4.01. The third kappa shape index (κ3) is 3.13. The SMILES string of the molecule is Cc1cc(N2CCN(c3ccc(N)cc3)CC2)ncc1Br. The molecule has 5 heteroatoms. The molecule has 2 heterocycles. The molecule has 2 N–H and O–H groups in total. The van der Waals surface area contributed by atoms with E-state index in [-0.39, 0.29) is 0 Å². The van der Waals surface area contributed by atoms with Gasteiger partial charge in [-0.05, 0) is 58.7 Å². The molecule has 1 fully saturated rings. The van der Waals surface area contributed by atoms with Crippen molar-refractivity contribution in [2.75, 3.05) is 41.7 Å². The van der Waals surface area contributed by atoms with Crippen LogP contribution in [0.5, 0.6) is 0 Å². The lowest BCUT2D eigenvalue weighted by molar-refractivity contribution is 0.647. The Balaban J connectivity index is 1.67. The van der Waals surface area contributed by atoms with Crippen molar-refractivity contribution in [1.29, 1.82) is 0 Å². The van der Waals surface area contributed by atoms with E-state index in [0.717, 1.165) is 42.2 Å². The van der Waals surface area contributed by atoms with Gasteiger partial charge in [0.25, 0.3) is 0 Å². The molecule has 3 rings (SSSR count). The van der Waals surface area contributed by atoms with Gasteiger partial charge in [-0.3, -0.25) is 0 Å². The highest BCUT2D eigenvalue weighted by Gasteiger charge is 2.18. The number of anilines is 3. The smallest absolute Gasteiger partial charge is 0.128 e. The van der Waals surface area contributed by atoms with Gasteiger partial charge < -0.3 is 15.5 Å². The maximum atomic E-state index is 5.74. The van der Waals surface area contributed by atoms with E-state index >= 15 is 0 Å². The summed E-state index contributed by atoms with van der Waals surface area (Å²) in [5, 5.41) is 0. The van der Waals surface area contributed by atoms with Gasteiger partial charge in [0, 0.05) is 48.2 Å².